The third-order valence-electron chi connectivity index (χ3n) is 8.61. The molecule has 0 spiro atoms. The third-order valence-corrected chi connectivity index (χ3v) is 8.61. The van der Waals surface area contributed by atoms with E-state index in [1.165, 1.54) is 38.5 Å². The highest BCUT2D eigenvalue weighted by molar-refractivity contribution is 5.72. The van der Waals surface area contributed by atoms with Crippen LogP contribution in [0.1, 0.15) is 142 Å². The minimum Gasteiger partial charge on any atom is -0.477 e. The molecule has 2 unspecified atom stereocenters. The van der Waals surface area contributed by atoms with E-state index in [0.29, 0.717) is 19.3 Å². The van der Waals surface area contributed by atoms with Crippen molar-refractivity contribution in [1.82, 2.24) is 0 Å². The van der Waals surface area contributed by atoms with Crippen LogP contribution in [0.2, 0.25) is 0 Å². The van der Waals surface area contributed by atoms with Gasteiger partial charge in [-0.1, -0.05) is 132 Å². The van der Waals surface area contributed by atoms with Crippen molar-refractivity contribution in [3.05, 3.63) is 72.9 Å². The summed E-state index contributed by atoms with van der Waals surface area (Å²) in [5.74, 6) is -1.58. The lowest BCUT2D eigenvalue weighted by molar-refractivity contribution is -0.887. The van der Waals surface area contributed by atoms with E-state index in [9.17, 15) is 19.5 Å². The van der Waals surface area contributed by atoms with Gasteiger partial charge in [0, 0.05) is 19.3 Å². The van der Waals surface area contributed by atoms with Gasteiger partial charge in [-0.15, -0.1) is 0 Å². The monoisotopic (exact) mass is 743 g/mol. The Hall–Kier alpha value is -3.23. The van der Waals surface area contributed by atoms with E-state index >= 15 is 0 Å². The quantitative estimate of drug-likeness (QED) is 0.0299. The van der Waals surface area contributed by atoms with Crippen molar-refractivity contribution in [3.8, 4) is 0 Å². The van der Waals surface area contributed by atoms with E-state index in [2.05, 4.69) is 74.6 Å². The molecule has 2 atom stereocenters. The maximum absolute atomic E-state index is 12.5. The molecule has 1 N–H and O–H groups in total. The molecule has 302 valence electrons. The van der Waals surface area contributed by atoms with Gasteiger partial charge < -0.3 is 23.8 Å². The van der Waals surface area contributed by atoms with Crippen molar-refractivity contribution in [2.24, 2.45) is 0 Å². The fraction of sp³-hybridized carbons (Fsp3) is 0.667. The molecule has 0 aromatic rings. The fourth-order valence-electron chi connectivity index (χ4n) is 5.49. The van der Waals surface area contributed by atoms with Crippen LogP contribution < -0.4 is 0 Å². The van der Waals surface area contributed by atoms with Crippen LogP contribution in [-0.2, 0) is 28.6 Å². The van der Waals surface area contributed by atoms with Crippen LogP contribution in [0.15, 0.2) is 72.9 Å². The molecule has 0 aliphatic heterocycles. The number of carboxylic acids is 1. The first-order chi connectivity index (χ1) is 25.6. The molecule has 8 heteroatoms. The van der Waals surface area contributed by atoms with Crippen LogP contribution in [0.4, 0.5) is 0 Å². The average Bonchev–Trinajstić information content (AvgIpc) is 3.11. The Morgan fingerprint density at radius 1 is 0.566 bits per heavy atom. The second-order valence-electron chi connectivity index (χ2n) is 14.5. The number of allylic oxidation sites excluding steroid dienone is 12. The number of rotatable bonds is 35. The van der Waals surface area contributed by atoms with Gasteiger partial charge in [-0.2, -0.15) is 0 Å². The van der Waals surface area contributed by atoms with Crippen molar-refractivity contribution < 1.29 is 38.2 Å². The molecule has 0 fully saturated rings. The summed E-state index contributed by atoms with van der Waals surface area (Å²) in [6, 6.07) is -0.625. The highest BCUT2D eigenvalue weighted by Crippen LogP contribution is 2.13. The van der Waals surface area contributed by atoms with Gasteiger partial charge in [0.15, 0.2) is 12.1 Å². The van der Waals surface area contributed by atoms with Crippen LogP contribution >= 0.6 is 0 Å². The molecule has 53 heavy (non-hydrogen) atoms. The Bertz CT molecular complexity index is 1100. The van der Waals surface area contributed by atoms with E-state index in [4.69, 9.17) is 14.2 Å². The van der Waals surface area contributed by atoms with Gasteiger partial charge in [0.2, 0.25) is 0 Å². The summed E-state index contributed by atoms with van der Waals surface area (Å²) in [4.78, 5) is 36.7. The number of unbranched alkanes of at least 4 members (excludes halogenated alkanes) is 9. The van der Waals surface area contributed by atoms with Gasteiger partial charge in [0.05, 0.1) is 34.4 Å². The molecule has 0 aromatic heterocycles. The number of likely N-dealkylation sites (N-methyl/N-ethyl adjacent to an activating group) is 1. The molecule has 0 aliphatic carbocycles. The van der Waals surface area contributed by atoms with Gasteiger partial charge in [-0.05, 0) is 64.2 Å². The van der Waals surface area contributed by atoms with E-state index in [-0.39, 0.29) is 42.7 Å². The highest BCUT2D eigenvalue weighted by Gasteiger charge is 2.31. The summed E-state index contributed by atoms with van der Waals surface area (Å²) >= 11 is 0. The third kappa shape index (κ3) is 34.3. The largest absolute Gasteiger partial charge is 0.477 e. The van der Waals surface area contributed by atoms with E-state index < -0.39 is 18.1 Å². The number of hydrogen-bond donors (Lipinski definition) is 1. The van der Waals surface area contributed by atoms with Crippen LogP contribution in [-0.4, -0.2) is 80.6 Å². The molecule has 0 aromatic carbocycles. The van der Waals surface area contributed by atoms with Gasteiger partial charge in [0.25, 0.3) is 0 Å². The topological polar surface area (TPSA) is 99.1 Å². The smallest absolute Gasteiger partial charge is 0.362 e. The Balaban J connectivity index is 4.22. The summed E-state index contributed by atoms with van der Waals surface area (Å²) in [6.45, 7) is 4.38. The Morgan fingerprint density at radius 2 is 1.04 bits per heavy atom. The molecule has 0 bridgehead atoms. The van der Waals surface area contributed by atoms with Crippen LogP contribution in [0.3, 0.4) is 0 Å². The number of carbonyl (C=O) groups is 3. The lowest BCUT2D eigenvalue weighted by Crippen LogP contribution is -2.50. The Labute approximate surface area is 323 Å². The number of ether oxygens (including phenoxy) is 3. The zero-order chi connectivity index (χ0) is 39.3. The molecule has 0 heterocycles. The van der Waals surface area contributed by atoms with Gasteiger partial charge in [-0.3, -0.25) is 9.59 Å². The Morgan fingerprint density at radius 3 is 1.55 bits per heavy atom. The van der Waals surface area contributed by atoms with Crippen molar-refractivity contribution in [2.75, 3.05) is 41.0 Å². The molecule has 0 saturated carbocycles. The first kappa shape index (κ1) is 49.8. The lowest BCUT2D eigenvalue weighted by atomic mass is 10.1. The summed E-state index contributed by atoms with van der Waals surface area (Å²) < 4.78 is 17.1. The maximum Gasteiger partial charge on any atom is 0.362 e. The molecular formula is C45H76NO7+. The first-order valence-corrected chi connectivity index (χ1v) is 20.5. The second-order valence-corrected chi connectivity index (χ2v) is 14.5. The number of carboxylic acid groups (broad SMARTS) is 1. The van der Waals surface area contributed by atoms with Gasteiger partial charge in [-0.25, -0.2) is 4.79 Å². The number of nitrogens with zero attached hydrogens (tertiary/aromatic N) is 1. The van der Waals surface area contributed by atoms with Crippen LogP contribution in [0, 0.1) is 0 Å². The van der Waals surface area contributed by atoms with Crippen LogP contribution in [0.25, 0.3) is 0 Å². The minimum atomic E-state index is -0.888. The molecule has 8 nitrogen and oxygen atoms in total. The number of aliphatic carboxylic acids is 1. The highest BCUT2D eigenvalue weighted by atomic mass is 16.6. The summed E-state index contributed by atoms with van der Waals surface area (Å²) in [5, 5.41) is 9.57. The van der Waals surface area contributed by atoms with E-state index in [1.54, 1.807) is 0 Å². The van der Waals surface area contributed by atoms with Gasteiger partial charge >= 0.3 is 17.9 Å². The molecule has 0 amide bonds. The fourth-order valence-corrected chi connectivity index (χ4v) is 5.49. The molecule has 0 radical (unpaired) electrons. The summed E-state index contributed by atoms with van der Waals surface area (Å²) in [6.07, 6.45) is 44.2. The number of quaternary nitrogens is 1. The number of hydrogen-bond acceptors (Lipinski definition) is 6. The maximum atomic E-state index is 12.5. The molecular weight excluding hydrogens is 666 g/mol. The lowest BCUT2D eigenvalue weighted by Gasteiger charge is -2.31. The number of carbonyl (C=O) groups excluding carboxylic acids is 2. The standard InChI is InChI=1S/C45H75NO7/c1-6-8-10-12-14-15-16-17-18-19-20-21-22-23-24-25-26-27-28-30-31-33-35-43(47)52-40-41(39-51-38-37-42(45(49)50)46(3,4)5)53-44(48)36-34-32-29-13-11-9-7-2/h8-11,14-15,17-18,20-21,29,32,41-42H,6-7,12-13,16,19,22-28,30-31,33-40H2,1-5H3/p+1/b10-8+,11-9+,15-14+,18-17+,21-20+,32-29+. The molecule has 0 aliphatic rings. The Kier molecular flexibility index (Phi) is 33.6. The average molecular weight is 743 g/mol. The van der Waals surface area contributed by atoms with E-state index in [1.807, 2.05) is 33.3 Å². The first-order valence-electron chi connectivity index (χ1n) is 20.5. The minimum absolute atomic E-state index is 0.0323. The van der Waals surface area contributed by atoms with Crippen molar-refractivity contribution in [3.63, 3.8) is 0 Å². The van der Waals surface area contributed by atoms with Crippen molar-refractivity contribution >= 4 is 17.9 Å². The normalized spacial score (nSPS) is 13.8. The second kappa shape index (κ2) is 35.8. The van der Waals surface area contributed by atoms with Crippen molar-refractivity contribution in [2.45, 2.75) is 154 Å². The van der Waals surface area contributed by atoms with Crippen LogP contribution in [0.5, 0.6) is 0 Å². The van der Waals surface area contributed by atoms with Crippen molar-refractivity contribution in [1.29, 1.82) is 0 Å². The predicted octanol–water partition coefficient (Wildman–Crippen LogP) is 10.8. The summed E-state index contributed by atoms with van der Waals surface area (Å²) in [5.41, 5.74) is 0. The summed E-state index contributed by atoms with van der Waals surface area (Å²) in [7, 11) is 5.48. The zero-order valence-corrected chi connectivity index (χ0v) is 34.2. The molecule has 0 saturated heterocycles. The number of esters is 2. The predicted molar refractivity (Wildman–Crippen MR) is 220 cm³/mol. The molecule has 0 rings (SSSR count). The SMILES string of the molecule is CC/C=C/C/C=C/C/C=C/C/C=C/CCCCCCCCCCCC(=O)OCC(COCCC(C(=O)O)[N+](C)(C)C)OC(=O)CC/C=C/C/C=C/CC. The van der Waals surface area contributed by atoms with E-state index in [0.717, 1.165) is 64.2 Å². The van der Waals surface area contributed by atoms with Gasteiger partial charge in [0.1, 0.15) is 6.61 Å². The zero-order valence-electron chi connectivity index (χ0n) is 34.2.